The lowest BCUT2D eigenvalue weighted by Gasteiger charge is -2.40. The summed E-state index contributed by atoms with van der Waals surface area (Å²) < 4.78 is 2.38. The summed E-state index contributed by atoms with van der Waals surface area (Å²) in [5, 5.41) is 4.97. The summed E-state index contributed by atoms with van der Waals surface area (Å²) in [6, 6.07) is 66.1. The molecule has 0 saturated heterocycles. The molecule has 0 radical (unpaired) electrons. The lowest BCUT2D eigenvalue weighted by molar-refractivity contribution is 0.501. The van der Waals surface area contributed by atoms with Crippen molar-refractivity contribution in [1.29, 1.82) is 0 Å². The second-order valence-electron chi connectivity index (χ2n) is 16.3. The van der Waals surface area contributed by atoms with Crippen molar-refractivity contribution in [3.8, 4) is 61.6 Å². The summed E-state index contributed by atoms with van der Waals surface area (Å²) in [5.74, 6) is 0.214. The van der Waals surface area contributed by atoms with E-state index in [1.807, 2.05) is 6.20 Å². The fraction of sp³-hybridized carbons (Fsp3) is 0.0526. The standard InChI is InChI=1S/C57H39N3/c1-57-33-12-11-23-51(57)47-20-7-8-22-50(47)55-56(57)59-52(36-58-55)41-15-13-14-40(34-41)44-32-31-43(45-18-5-6-19-46(44)45)38-27-25-37(26-28-38)39-29-30-49-48-21-9-10-24-53(48)60(54(49)35-39)42-16-3-2-4-17-42/h2-36,51H,1H3. The van der Waals surface area contributed by atoms with E-state index >= 15 is 0 Å². The third-order valence-electron chi connectivity index (χ3n) is 12.9. The molecule has 8 aromatic carbocycles. The number of hydrogen-bond donors (Lipinski definition) is 0. The van der Waals surface area contributed by atoms with E-state index in [0.717, 1.165) is 28.2 Å². The van der Waals surface area contributed by atoms with Gasteiger partial charge >= 0.3 is 0 Å². The molecular formula is C57H39N3. The predicted octanol–water partition coefficient (Wildman–Crippen LogP) is 14.5. The van der Waals surface area contributed by atoms with Gasteiger partial charge in [-0.15, -0.1) is 0 Å². The first-order valence-electron chi connectivity index (χ1n) is 20.8. The van der Waals surface area contributed by atoms with Crippen molar-refractivity contribution < 1.29 is 0 Å². The molecule has 10 aromatic rings. The van der Waals surface area contributed by atoms with Crippen LogP contribution in [0.2, 0.25) is 0 Å². The summed E-state index contributed by atoms with van der Waals surface area (Å²) in [4.78, 5) is 10.5. The molecule has 12 rings (SSSR count). The Hall–Kier alpha value is -7.62. The highest BCUT2D eigenvalue weighted by molar-refractivity contribution is 6.10. The molecule has 2 aliphatic rings. The first-order valence-corrected chi connectivity index (χ1v) is 20.8. The summed E-state index contributed by atoms with van der Waals surface area (Å²) in [7, 11) is 0. The summed E-state index contributed by atoms with van der Waals surface area (Å²) in [6.45, 7) is 2.30. The SMILES string of the molecule is CC12C=CC=CC1c1ccccc1-c1ncc(-c3cccc(-c4ccc(-c5ccc(-c6ccc7c8ccccc8n(-c8ccccc8)c7c6)cc5)c5ccccc45)c3)nc12. The molecule has 2 heterocycles. The molecule has 0 bridgehead atoms. The fourth-order valence-electron chi connectivity index (χ4n) is 9.97. The fourth-order valence-corrected chi connectivity index (χ4v) is 9.97. The minimum atomic E-state index is -0.277. The molecule has 60 heavy (non-hydrogen) atoms. The number of allylic oxidation sites excluding steroid dienone is 4. The Morgan fingerprint density at radius 1 is 0.483 bits per heavy atom. The lowest BCUT2D eigenvalue weighted by Crippen LogP contribution is -2.34. The highest BCUT2D eigenvalue weighted by atomic mass is 15.0. The minimum absolute atomic E-state index is 0.214. The van der Waals surface area contributed by atoms with E-state index in [-0.39, 0.29) is 11.3 Å². The maximum Gasteiger partial charge on any atom is 0.0930 e. The molecular weight excluding hydrogens is 727 g/mol. The van der Waals surface area contributed by atoms with Crippen molar-refractivity contribution in [3.63, 3.8) is 0 Å². The highest BCUT2D eigenvalue weighted by Gasteiger charge is 2.43. The van der Waals surface area contributed by atoms with Crippen molar-refractivity contribution in [2.45, 2.75) is 18.3 Å². The Morgan fingerprint density at radius 3 is 1.98 bits per heavy atom. The van der Waals surface area contributed by atoms with Crippen LogP contribution in [-0.2, 0) is 5.41 Å². The van der Waals surface area contributed by atoms with Crippen LogP contribution >= 0.6 is 0 Å². The van der Waals surface area contributed by atoms with E-state index in [1.54, 1.807) is 0 Å². The normalized spacial score (nSPS) is 16.5. The largest absolute Gasteiger partial charge is 0.309 e. The molecule has 3 nitrogen and oxygen atoms in total. The number of fused-ring (bicyclic) bond motifs is 10. The predicted molar refractivity (Wildman–Crippen MR) is 249 cm³/mol. The van der Waals surface area contributed by atoms with Gasteiger partial charge in [-0.1, -0.05) is 176 Å². The van der Waals surface area contributed by atoms with Crippen LogP contribution in [0.25, 0.3) is 94.2 Å². The molecule has 0 N–H and O–H groups in total. The number of rotatable bonds is 5. The molecule has 0 aliphatic heterocycles. The second-order valence-corrected chi connectivity index (χ2v) is 16.3. The summed E-state index contributed by atoms with van der Waals surface area (Å²) in [5.41, 5.74) is 16.9. The van der Waals surface area contributed by atoms with Gasteiger partial charge < -0.3 is 4.57 Å². The van der Waals surface area contributed by atoms with Gasteiger partial charge in [0, 0.05) is 38.9 Å². The van der Waals surface area contributed by atoms with Crippen LogP contribution in [0.3, 0.4) is 0 Å². The number of para-hydroxylation sites is 2. The van der Waals surface area contributed by atoms with Gasteiger partial charge in [0.25, 0.3) is 0 Å². The van der Waals surface area contributed by atoms with Gasteiger partial charge in [-0.05, 0) is 87.0 Å². The van der Waals surface area contributed by atoms with Crippen LogP contribution < -0.4 is 0 Å². The van der Waals surface area contributed by atoms with Gasteiger partial charge in [0.15, 0.2) is 0 Å². The van der Waals surface area contributed by atoms with Crippen LogP contribution in [0.1, 0.15) is 24.1 Å². The summed E-state index contributed by atoms with van der Waals surface area (Å²) in [6.07, 6.45) is 10.9. The lowest BCUT2D eigenvalue weighted by atomic mass is 9.63. The minimum Gasteiger partial charge on any atom is -0.309 e. The van der Waals surface area contributed by atoms with Gasteiger partial charge in [-0.3, -0.25) is 4.98 Å². The van der Waals surface area contributed by atoms with Crippen LogP contribution in [-0.4, -0.2) is 14.5 Å². The molecule has 3 heteroatoms. The zero-order valence-electron chi connectivity index (χ0n) is 33.1. The molecule has 2 aliphatic carbocycles. The molecule has 0 spiro atoms. The summed E-state index contributed by atoms with van der Waals surface area (Å²) >= 11 is 0. The molecule has 0 fully saturated rings. The van der Waals surface area contributed by atoms with Gasteiger partial charge in [-0.2, -0.15) is 0 Å². The van der Waals surface area contributed by atoms with E-state index in [1.165, 1.54) is 77.2 Å². The van der Waals surface area contributed by atoms with E-state index in [9.17, 15) is 0 Å². The van der Waals surface area contributed by atoms with E-state index < -0.39 is 0 Å². The average molecular weight is 766 g/mol. The Morgan fingerprint density at radius 2 is 1.15 bits per heavy atom. The first kappa shape index (κ1) is 34.4. The van der Waals surface area contributed by atoms with E-state index in [2.05, 4.69) is 218 Å². The molecule has 2 atom stereocenters. The van der Waals surface area contributed by atoms with Gasteiger partial charge in [0.05, 0.1) is 34.3 Å². The maximum absolute atomic E-state index is 5.41. The van der Waals surface area contributed by atoms with Crippen molar-refractivity contribution in [2.75, 3.05) is 0 Å². The Balaban J connectivity index is 0.899. The van der Waals surface area contributed by atoms with E-state index in [0.29, 0.717) is 0 Å². The maximum atomic E-state index is 5.41. The zero-order chi connectivity index (χ0) is 39.8. The van der Waals surface area contributed by atoms with Gasteiger partial charge in [0.2, 0.25) is 0 Å². The Kier molecular flexibility index (Phi) is 7.73. The topological polar surface area (TPSA) is 30.7 Å². The molecule has 0 amide bonds. The number of aromatic nitrogens is 3. The first-order chi connectivity index (χ1) is 29.6. The van der Waals surface area contributed by atoms with Crippen molar-refractivity contribution in [3.05, 3.63) is 224 Å². The molecule has 2 unspecified atom stereocenters. The number of hydrogen-bond acceptors (Lipinski definition) is 2. The van der Waals surface area contributed by atoms with E-state index in [4.69, 9.17) is 9.97 Å². The van der Waals surface area contributed by atoms with Crippen LogP contribution in [0.4, 0.5) is 0 Å². The second kappa shape index (κ2) is 13.5. The highest BCUT2D eigenvalue weighted by Crippen LogP contribution is 2.52. The average Bonchev–Trinajstić information content (AvgIpc) is 3.65. The molecule has 282 valence electrons. The number of benzene rings is 8. The third-order valence-corrected chi connectivity index (χ3v) is 12.9. The number of nitrogens with zero attached hydrogens (tertiary/aromatic N) is 3. The smallest absolute Gasteiger partial charge is 0.0930 e. The Labute approximate surface area is 349 Å². The van der Waals surface area contributed by atoms with Crippen LogP contribution in [0, 0.1) is 0 Å². The van der Waals surface area contributed by atoms with Crippen molar-refractivity contribution in [2.24, 2.45) is 0 Å². The van der Waals surface area contributed by atoms with Gasteiger partial charge in [0.1, 0.15) is 0 Å². The van der Waals surface area contributed by atoms with Gasteiger partial charge in [-0.25, -0.2) is 4.98 Å². The van der Waals surface area contributed by atoms with Crippen LogP contribution in [0.5, 0.6) is 0 Å². The van der Waals surface area contributed by atoms with Crippen molar-refractivity contribution >= 4 is 32.6 Å². The van der Waals surface area contributed by atoms with Crippen LogP contribution in [0.15, 0.2) is 212 Å². The Bertz CT molecular complexity index is 3390. The quantitative estimate of drug-likeness (QED) is 0.175. The monoisotopic (exact) mass is 765 g/mol. The zero-order valence-corrected chi connectivity index (χ0v) is 33.1. The molecule has 0 saturated carbocycles. The molecule has 2 aromatic heterocycles. The van der Waals surface area contributed by atoms with Crippen molar-refractivity contribution in [1.82, 2.24) is 14.5 Å². The third kappa shape index (κ3) is 5.29.